The fraction of sp³-hybridized carbons (Fsp3) is 0.188. The van der Waals surface area contributed by atoms with E-state index < -0.39 is 6.15 Å². The van der Waals surface area contributed by atoms with Crippen LogP contribution in [-0.4, -0.2) is 31.2 Å². The van der Waals surface area contributed by atoms with Crippen molar-refractivity contribution < 1.29 is 6.11 Å². The van der Waals surface area contributed by atoms with Gasteiger partial charge in [0.2, 0.25) is 5.39 Å². The van der Waals surface area contributed by atoms with Crippen LogP contribution in [0.2, 0.25) is 0 Å². The highest BCUT2D eigenvalue weighted by Crippen LogP contribution is 2.15. The second-order valence-corrected chi connectivity index (χ2v) is 9.28. The summed E-state index contributed by atoms with van der Waals surface area (Å²) in [6, 6.07) is 43.5. The Labute approximate surface area is 222 Å². The summed E-state index contributed by atoms with van der Waals surface area (Å²) in [7, 11) is 1.49. The summed E-state index contributed by atoms with van der Waals surface area (Å²) < 4.78 is 12.3. The molecule has 0 bridgehead atoms. The van der Waals surface area contributed by atoms with Gasteiger partial charge < -0.3 is 9.64 Å². The Morgan fingerprint density at radius 2 is 1.05 bits per heavy atom. The minimum Gasteiger partial charge on any atom is -0.477 e. The van der Waals surface area contributed by atoms with E-state index in [1.807, 2.05) is 4.90 Å². The molecule has 37 heavy (non-hydrogen) atoms. The number of piperidine rings is 1. The lowest BCUT2D eigenvalue weighted by Crippen LogP contribution is -2.74. The van der Waals surface area contributed by atoms with Gasteiger partial charge in [-0.3, -0.25) is 0 Å². The maximum atomic E-state index is 8.44. The molecular weight excluding hydrogens is 453 g/mol. The monoisotopic (exact) mass is 488 g/mol. The standard InChI is InChI=1S/C24H20B.C8H14N3O/c1-5-13-21(14-6-1)25(22-15-7-2-8-16-22,23-17-9-3-10-18-23)24-19-11-4-12-20-24;1-12-8(7-10-9)11-5-3-2-4-6-11/h1-20H;7H,2-6H2,1H3/q-1;+1/b;8-7+/i;7D. The molecule has 1 aliphatic rings. The summed E-state index contributed by atoms with van der Waals surface area (Å²) in [5.74, 6) is 0.363. The van der Waals surface area contributed by atoms with Gasteiger partial charge in [0.15, 0.2) is 6.35 Å². The van der Waals surface area contributed by atoms with Crippen LogP contribution in [0.3, 0.4) is 0 Å². The molecule has 0 saturated carbocycles. The fourth-order valence-corrected chi connectivity index (χ4v) is 5.51. The average molecular weight is 488 g/mol. The molecule has 1 aliphatic heterocycles. The third-order valence-corrected chi connectivity index (χ3v) is 7.18. The van der Waals surface area contributed by atoms with Gasteiger partial charge in [0.1, 0.15) is 6.15 Å². The summed E-state index contributed by atoms with van der Waals surface area (Å²) in [6.45, 7) is 1.75. The molecule has 1 heterocycles. The highest BCUT2D eigenvalue weighted by atomic mass is 16.5. The lowest BCUT2D eigenvalue weighted by Gasteiger charge is -2.44. The van der Waals surface area contributed by atoms with Crippen LogP contribution in [-0.2, 0) is 4.74 Å². The average Bonchev–Trinajstić information content (AvgIpc) is 3.01. The summed E-state index contributed by atoms with van der Waals surface area (Å²) in [5, 5.41) is 8.44. The van der Waals surface area contributed by atoms with Crippen LogP contribution in [0.15, 0.2) is 133 Å². The topological polar surface area (TPSA) is 40.6 Å². The Bertz CT molecular complexity index is 1170. The SMILES string of the molecule is [2H]/C([N+]#N)=C(\OC)N1CCCCC1.c1ccc([B-](c2ccccc2)(c2ccccc2)c2ccccc2)cc1. The molecule has 186 valence electrons. The van der Waals surface area contributed by atoms with E-state index in [4.69, 9.17) is 11.5 Å². The zero-order valence-corrected chi connectivity index (χ0v) is 21.4. The lowest BCUT2D eigenvalue weighted by molar-refractivity contribution is 0.135. The number of ether oxygens (including phenoxy) is 1. The van der Waals surface area contributed by atoms with E-state index in [2.05, 4.69) is 126 Å². The number of diazo groups is 1. The molecular formula is C32H34BN3O. The van der Waals surface area contributed by atoms with E-state index >= 15 is 0 Å². The van der Waals surface area contributed by atoms with Gasteiger partial charge in [0.25, 0.3) is 5.88 Å². The van der Waals surface area contributed by atoms with Crippen molar-refractivity contribution in [3.63, 3.8) is 0 Å². The number of rotatable bonds is 6. The van der Waals surface area contributed by atoms with Crippen LogP contribution in [0, 0.1) is 5.39 Å². The highest BCUT2D eigenvalue weighted by molar-refractivity contribution is 7.19. The maximum absolute atomic E-state index is 8.44. The highest BCUT2D eigenvalue weighted by Gasteiger charge is 2.31. The van der Waals surface area contributed by atoms with Crippen LogP contribution < -0.4 is 21.9 Å². The van der Waals surface area contributed by atoms with E-state index in [1.165, 1.54) is 35.4 Å². The molecule has 0 N–H and O–H groups in total. The van der Waals surface area contributed by atoms with Gasteiger partial charge in [-0.1, -0.05) is 121 Å². The van der Waals surface area contributed by atoms with Gasteiger partial charge in [0, 0.05) is 13.1 Å². The van der Waals surface area contributed by atoms with E-state index in [0.717, 1.165) is 25.9 Å². The number of hydrogen-bond donors (Lipinski definition) is 0. The number of methoxy groups -OCH3 is 1. The van der Waals surface area contributed by atoms with Gasteiger partial charge in [-0.05, 0) is 19.3 Å². The summed E-state index contributed by atoms with van der Waals surface area (Å²) in [4.78, 5) is 4.75. The second-order valence-electron chi connectivity index (χ2n) is 9.28. The van der Waals surface area contributed by atoms with Crippen molar-refractivity contribution in [2.45, 2.75) is 19.3 Å². The largest absolute Gasteiger partial charge is 0.477 e. The van der Waals surface area contributed by atoms with Crippen molar-refractivity contribution >= 4 is 28.0 Å². The van der Waals surface area contributed by atoms with Crippen molar-refractivity contribution in [2.75, 3.05) is 20.2 Å². The van der Waals surface area contributed by atoms with Crippen molar-refractivity contribution in [1.29, 1.82) is 5.39 Å². The van der Waals surface area contributed by atoms with Gasteiger partial charge in [0.05, 0.1) is 7.11 Å². The first kappa shape index (κ1) is 24.4. The van der Waals surface area contributed by atoms with E-state index in [1.54, 1.807) is 0 Å². The minimum absolute atomic E-state index is 0.204. The Morgan fingerprint density at radius 1 is 0.703 bits per heavy atom. The predicted molar refractivity (Wildman–Crippen MR) is 156 cm³/mol. The zero-order valence-electron chi connectivity index (χ0n) is 22.4. The lowest BCUT2D eigenvalue weighted by atomic mass is 9.13. The van der Waals surface area contributed by atoms with Crippen LogP contribution in [0.25, 0.3) is 4.98 Å². The molecule has 1 fully saturated rings. The number of hydrogen-bond acceptors (Lipinski definition) is 3. The molecule has 5 rings (SSSR count). The normalized spacial score (nSPS) is 14.3. The maximum Gasteiger partial charge on any atom is 0.409 e. The second kappa shape index (κ2) is 13.1. The Morgan fingerprint density at radius 3 is 1.35 bits per heavy atom. The molecule has 4 aromatic rings. The molecule has 0 atom stereocenters. The van der Waals surface area contributed by atoms with Gasteiger partial charge in [-0.25, -0.2) is 0 Å². The molecule has 1 saturated heterocycles. The van der Waals surface area contributed by atoms with Crippen LogP contribution in [0.4, 0.5) is 0 Å². The molecule has 0 radical (unpaired) electrons. The number of benzene rings is 4. The van der Waals surface area contributed by atoms with Crippen LogP contribution >= 0.6 is 0 Å². The fourth-order valence-electron chi connectivity index (χ4n) is 5.51. The van der Waals surface area contributed by atoms with Crippen LogP contribution in [0.5, 0.6) is 0 Å². The van der Waals surface area contributed by atoms with Crippen molar-refractivity contribution in [3.8, 4) is 0 Å². The summed E-state index contributed by atoms with van der Waals surface area (Å²) in [5.41, 5.74) is 5.36. The first-order valence-corrected chi connectivity index (χ1v) is 12.9. The molecule has 0 spiro atoms. The van der Waals surface area contributed by atoms with E-state index in [9.17, 15) is 0 Å². The van der Waals surface area contributed by atoms with Crippen LogP contribution in [0.1, 0.15) is 20.6 Å². The van der Waals surface area contributed by atoms with Crippen molar-refractivity contribution in [1.82, 2.24) is 4.90 Å². The molecule has 0 unspecified atom stereocenters. The van der Waals surface area contributed by atoms with E-state index in [0.29, 0.717) is 5.88 Å². The van der Waals surface area contributed by atoms with Gasteiger partial charge >= 0.3 is 6.18 Å². The number of nitrogens with zero attached hydrogens (tertiary/aromatic N) is 3. The van der Waals surface area contributed by atoms with Gasteiger partial charge in [-0.2, -0.15) is 21.9 Å². The van der Waals surface area contributed by atoms with E-state index in [-0.39, 0.29) is 6.18 Å². The quantitative estimate of drug-likeness (QED) is 0.222. The molecule has 0 amide bonds. The zero-order chi connectivity index (χ0) is 26.6. The third kappa shape index (κ3) is 5.93. The molecule has 5 heteroatoms. The Balaban J connectivity index is 0.000000219. The molecule has 0 aromatic heterocycles. The predicted octanol–water partition coefficient (Wildman–Crippen LogP) is 4.83. The number of likely N-dealkylation sites (tertiary alicyclic amines) is 1. The molecule has 0 aliphatic carbocycles. The molecule has 4 aromatic carbocycles. The molecule has 4 nitrogen and oxygen atoms in total. The third-order valence-electron chi connectivity index (χ3n) is 7.18. The first-order valence-electron chi connectivity index (χ1n) is 13.4. The Kier molecular flexibility index (Phi) is 8.66. The first-order chi connectivity index (χ1) is 18.7. The van der Waals surface area contributed by atoms with Crippen molar-refractivity contribution in [2.24, 2.45) is 0 Å². The Hall–Kier alpha value is -4.30. The van der Waals surface area contributed by atoms with Crippen molar-refractivity contribution in [3.05, 3.63) is 138 Å². The summed E-state index contributed by atoms with van der Waals surface area (Å²) >= 11 is 0. The van der Waals surface area contributed by atoms with Gasteiger partial charge in [-0.15, -0.1) is 0 Å². The summed E-state index contributed by atoms with van der Waals surface area (Å²) in [6.07, 6.45) is 2.01. The minimum atomic E-state index is -1.22. The smallest absolute Gasteiger partial charge is 0.409 e.